The molecule has 0 N–H and O–H groups in total. The number of carbonyl (C=O) groups excluding carboxylic acids is 1. The van der Waals surface area contributed by atoms with Crippen molar-refractivity contribution < 1.29 is 14.3 Å². The lowest BCUT2D eigenvalue weighted by molar-refractivity contribution is 0.0279. The van der Waals surface area contributed by atoms with Crippen LogP contribution in [-0.2, 0) is 9.47 Å². The van der Waals surface area contributed by atoms with E-state index in [1.807, 2.05) is 20.8 Å². The minimum atomic E-state index is -0.439. The molecule has 0 bridgehead atoms. The first-order valence-electron chi connectivity index (χ1n) is 6.95. The van der Waals surface area contributed by atoms with E-state index in [1.54, 1.807) is 11.9 Å². The quantitative estimate of drug-likeness (QED) is 0.784. The highest BCUT2D eigenvalue weighted by atomic mass is 16.6. The smallest absolute Gasteiger partial charge is 0.410 e. The van der Waals surface area contributed by atoms with Crippen molar-refractivity contribution in [3.63, 3.8) is 0 Å². The third-order valence-corrected chi connectivity index (χ3v) is 3.29. The van der Waals surface area contributed by atoms with Crippen LogP contribution in [0.15, 0.2) is 0 Å². The molecule has 5 nitrogen and oxygen atoms in total. The highest BCUT2D eigenvalue weighted by Gasteiger charge is 2.26. The molecule has 0 aromatic rings. The van der Waals surface area contributed by atoms with Crippen molar-refractivity contribution in [2.75, 3.05) is 33.8 Å². The van der Waals surface area contributed by atoms with Crippen molar-refractivity contribution in [2.45, 2.75) is 51.9 Å². The van der Waals surface area contributed by atoms with Gasteiger partial charge in [-0.2, -0.15) is 0 Å². The van der Waals surface area contributed by atoms with Crippen LogP contribution in [0.25, 0.3) is 0 Å². The van der Waals surface area contributed by atoms with E-state index < -0.39 is 5.60 Å². The molecule has 0 spiro atoms. The molecular formula is C14H28N2O3. The van der Waals surface area contributed by atoms with Crippen LogP contribution in [0.1, 0.15) is 34.1 Å². The van der Waals surface area contributed by atoms with Gasteiger partial charge in [0.05, 0.1) is 12.7 Å². The van der Waals surface area contributed by atoms with Crippen LogP contribution in [0.5, 0.6) is 0 Å². The first-order chi connectivity index (χ1) is 8.69. The molecule has 0 saturated carbocycles. The van der Waals surface area contributed by atoms with Crippen molar-refractivity contribution in [3.05, 3.63) is 0 Å². The first kappa shape index (κ1) is 16.2. The number of ether oxygens (including phenoxy) is 2. The minimum Gasteiger partial charge on any atom is -0.444 e. The van der Waals surface area contributed by atoms with E-state index in [-0.39, 0.29) is 6.09 Å². The fraction of sp³-hybridized carbons (Fsp3) is 0.929. The van der Waals surface area contributed by atoms with Gasteiger partial charge in [0.1, 0.15) is 5.60 Å². The van der Waals surface area contributed by atoms with Crippen molar-refractivity contribution >= 4 is 6.09 Å². The van der Waals surface area contributed by atoms with E-state index >= 15 is 0 Å². The van der Waals surface area contributed by atoms with Gasteiger partial charge in [0, 0.05) is 26.2 Å². The zero-order chi connectivity index (χ0) is 14.6. The zero-order valence-corrected chi connectivity index (χ0v) is 13.1. The van der Waals surface area contributed by atoms with E-state index in [4.69, 9.17) is 9.47 Å². The molecule has 1 amide bonds. The molecule has 1 saturated heterocycles. The van der Waals surface area contributed by atoms with Gasteiger partial charge in [-0.05, 0) is 41.2 Å². The van der Waals surface area contributed by atoms with E-state index in [0.29, 0.717) is 18.7 Å². The molecule has 1 aliphatic heterocycles. The molecule has 0 aromatic carbocycles. The van der Waals surface area contributed by atoms with Crippen molar-refractivity contribution in [2.24, 2.45) is 0 Å². The second-order valence-corrected chi connectivity index (χ2v) is 6.42. The highest BCUT2D eigenvalue weighted by Crippen LogP contribution is 2.17. The largest absolute Gasteiger partial charge is 0.444 e. The molecular weight excluding hydrogens is 244 g/mol. The zero-order valence-electron chi connectivity index (χ0n) is 13.1. The summed E-state index contributed by atoms with van der Waals surface area (Å²) in [7, 11) is 3.85. The van der Waals surface area contributed by atoms with Gasteiger partial charge in [0.15, 0.2) is 0 Å². The maximum atomic E-state index is 11.8. The summed E-state index contributed by atoms with van der Waals surface area (Å²) in [6.45, 7) is 10.0. The lowest BCUT2D eigenvalue weighted by atomic mass is 10.2. The van der Waals surface area contributed by atoms with Gasteiger partial charge in [0.2, 0.25) is 0 Å². The number of carbonyl (C=O) groups is 1. The number of nitrogens with zero attached hydrogens (tertiary/aromatic N) is 2. The molecule has 0 aliphatic carbocycles. The number of hydrogen-bond donors (Lipinski definition) is 0. The first-order valence-corrected chi connectivity index (χ1v) is 6.95. The van der Waals surface area contributed by atoms with Crippen LogP contribution >= 0.6 is 0 Å². The molecule has 19 heavy (non-hydrogen) atoms. The van der Waals surface area contributed by atoms with Gasteiger partial charge in [0.25, 0.3) is 0 Å². The summed E-state index contributed by atoms with van der Waals surface area (Å²) in [5.41, 5.74) is -0.439. The molecule has 5 heteroatoms. The fourth-order valence-corrected chi connectivity index (χ4v) is 2.02. The Hall–Kier alpha value is -0.810. The highest BCUT2D eigenvalue weighted by molar-refractivity contribution is 5.67. The van der Waals surface area contributed by atoms with Crippen molar-refractivity contribution in [1.29, 1.82) is 0 Å². The third kappa shape index (κ3) is 5.78. The summed E-state index contributed by atoms with van der Waals surface area (Å²) >= 11 is 0. The van der Waals surface area contributed by atoms with Crippen molar-refractivity contribution in [1.82, 2.24) is 9.80 Å². The molecule has 2 atom stereocenters. The second kappa shape index (κ2) is 6.57. The number of rotatable bonds is 4. The number of likely N-dealkylation sites (N-methyl/N-ethyl adjacent to an activating group) is 2. The topological polar surface area (TPSA) is 42.0 Å². The van der Waals surface area contributed by atoms with Crippen molar-refractivity contribution in [3.8, 4) is 0 Å². The summed E-state index contributed by atoms with van der Waals surface area (Å²) in [4.78, 5) is 15.7. The van der Waals surface area contributed by atoms with Gasteiger partial charge in [-0.1, -0.05) is 0 Å². The van der Waals surface area contributed by atoms with Crippen LogP contribution in [-0.4, -0.2) is 67.4 Å². The molecule has 1 heterocycles. The maximum absolute atomic E-state index is 11.8. The Kier molecular flexibility index (Phi) is 5.62. The Morgan fingerprint density at radius 2 is 1.95 bits per heavy atom. The molecule has 0 radical (unpaired) electrons. The Balaban J connectivity index is 2.29. The Morgan fingerprint density at radius 1 is 1.32 bits per heavy atom. The Bertz CT molecular complexity index is 302. The average molecular weight is 272 g/mol. The molecule has 1 fully saturated rings. The lowest BCUT2D eigenvalue weighted by Crippen LogP contribution is -2.41. The van der Waals surface area contributed by atoms with Crippen LogP contribution in [0.2, 0.25) is 0 Å². The monoisotopic (exact) mass is 272 g/mol. The van der Waals surface area contributed by atoms with E-state index in [2.05, 4.69) is 18.9 Å². The molecule has 2 unspecified atom stereocenters. The van der Waals surface area contributed by atoms with Crippen LogP contribution in [0.4, 0.5) is 4.79 Å². The molecule has 112 valence electrons. The van der Waals surface area contributed by atoms with Crippen LogP contribution < -0.4 is 0 Å². The standard InChI is InChI=1S/C14H28N2O3/c1-11-9-12(10-18-11)15(5)7-8-16(6)13(17)19-14(2,3)4/h11-12H,7-10H2,1-6H3. The summed E-state index contributed by atoms with van der Waals surface area (Å²) in [5.74, 6) is 0. The number of hydrogen-bond acceptors (Lipinski definition) is 4. The normalized spacial score (nSPS) is 23.7. The third-order valence-electron chi connectivity index (χ3n) is 3.29. The minimum absolute atomic E-state index is 0.267. The summed E-state index contributed by atoms with van der Waals surface area (Å²) in [6, 6.07) is 0.460. The predicted molar refractivity (Wildman–Crippen MR) is 75.3 cm³/mol. The predicted octanol–water partition coefficient (Wildman–Crippen LogP) is 1.96. The average Bonchev–Trinajstić information content (AvgIpc) is 2.69. The lowest BCUT2D eigenvalue weighted by Gasteiger charge is -2.28. The van der Waals surface area contributed by atoms with Crippen LogP contribution in [0, 0.1) is 0 Å². The van der Waals surface area contributed by atoms with E-state index in [1.165, 1.54) is 0 Å². The second-order valence-electron chi connectivity index (χ2n) is 6.42. The van der Waals surface area contributed by atoms with E-state index in [0.717, 1.165) is 19.6 Å². The van der Waals surface area contributed by atoms with Crippen LogP contribution in [0.3, 0.4) is 0 Å². The summed E-state index contributed by atoms with van der Waals surface area (Å²) < 4.78 is 10.9. The summed E-state index contributed by atoms with van der Waals surface area (Å²) in [6.07, 6.45) is 1.14. The Morgan fingerprint density at radius 3 is 2.42 bits per heavy atom. The molecule has 1 rings (SSSR count). The van der Waals surface area contributed by atoms with Gasteiger partial charge < -0.3 is 14.4 Å². The maximum Gasteiger partial charge on any atom is 0.410 e. The molecule has 1 aliphatic rings. The van der Waals surface area contributed by atoms with Gasteiger partial charge in [-0.15, -0.1) is 0 Å². The Labute approximate surface area is 116 Å². The van der Waals surface area contributed by atoms with Gasteiger partial charge in [-0.3, -0.25) is 4.90 Å². The summed E-state index contributed by atoms with van der Waals surface area (Å²) in [5, 5.41) is 0. The van der Waals surface area contributed by atoms with E-state index in [9.17, 15) is 4.79 Å². The van der Waals surface area contributed by atoms with Gasteiger partial charge >= 0.3 is 6.09 Å². The SMILES string of the molecule is CC1CC(N(C)CCN(C)C(=O)OC(C)(C)C)CO1. The fourth-order valence-electron chi connectivity index (χ4n) is 2.02. The molecule has 0 aromatic heterocycles. The van der Waals surface area contributed by atoms with Gasteiger partial charge in [-0.25, -0.2) is 4.79 Å². The number of amides is 1.